The van der Waals surface area contributed by atoms with Gasteiger partial charge in [-0.3, -0.25) is 25.0 Å². The molecule has 0 bridgehead atoms. The topological polar surface area (TPSA) is 232 Å². The van der Waals surface area contributed by atoms with Gasteiger partial charge in [0.15, 0.2) is 29.6 Å². The number of ether oxygens (including phenoxy) is 5. The Labute approximate surface area is 297 Å². The molecule has 0 saturated heterocycles. The van der Waals surface area contributed by atoms with Crippen molar-refractivity contribution in [3.63, 3.8) is 0 Å². The molecule has 3 aromatic carbocycles. The number of nitrogens with zero attached hydrogens (tertiary/aromatic N) is 3. The summed E-state index contributed by atoms with van der Waals surface area (Å²) in [7, 11) is 2.74. The number of esters is 1. The minimum atomic E-state index is -0.827. The van der Waals surface area contributed by atoms with Crippen molar-refractivity contribution in [2.75, 3.05) is 27.4 Å². The van der Waals surface area contributed by atoms with Crippen LogP contribution in [-0.4, -0.2) is 61.4 Å². The third kappa shape index (κ3) is 8.72. The summed E-state index contributed by atoms with van der Waals surface area (Å²) in [5, 5.41) is 31.8. The van der Waals surface area contributed by atoms with Crippen LogP contribution in [0.3, 0.4) is 0 Å². The Kier molecular flexibility index (Phi) is 12.1. The minimum Gasteiger partial charge on any atom is -0.493 e. The van der Waals surface area contributed by atoms with Crippen molar-refractivity contribution in [1.29, 1.82) is 0 Å². The highest BCUT2D eigenvalue weighted by molar-refractivity contribution is 14.1. The van der Waals surface area contributed by atoms with Gasteiger partial charge in [0, 0.05) is 11.8 Å². The predicted molar refractivity (Wildman–Crippen MR) is 184 cm³/mol. The average Bonchev–Trinajstić information content (AvgIpc) is 3.07. The summed E-state index contributed by atoms with van der Waals surface area (Å²) in [5.74, 6) is -0.722. The highest BCUT2D eigenvalue weighted by Crippen LogP contribution is 2.41. The maximum Gasteiger partial charge on any atom is 0.338 e. The van der Waals surface area contributed by atoms with E-state index in [4.69, 9.17) is 23.7 Å². The van der Waals surface area contributed by atoms with Gasteiger partial charge in [0.2, 0.25) is 5.75 Å². The smallest absolute Gasteiger partial charge is 0.338 e. The molecule has 0 saturated carbocycles. The molecule has 4 rings (SSSR count). The van der Waals surface area contributed by atoms with Gasteiger partial charge >= 0.3 is 17.7 Å². The highest BCUT2D eigenvalue weighted by Gasteiger charge is 2.33. The second kappa shape index (κ2) is 16.4. The molecular formula is C31H29IN6O12. The molecule has 1 heterocycles. The van der Waals surface area contributed by atoms with Gasteiger partial charge in [-0.25, -0.2) is 15.0 Å². The molecular weight excluding hydrogens is 775 g/mol. The van der Waals surface area contributed by atoms with Crippen molar-refractivity contribution in [3.8, 4) is 28.7 Å². The van der Waals surface area contributed by atoms with E-state index < -0.39 is 51.8 Å². The van der Waals surface area contributed by atoms with Crippen LogP contribution in [0.15, 0.2) is 64.9 Å². The first-order chi connectivity index (χ1) is 23.9. The number of benzene rings is 3. The lowest BCUT2D eigenvalue weighted by atomic mass is 9.95. The van der Waals surface area contributed by atoms with E-state index in [9.17, 15) is 34.6 Å². The normalized spacial score (nSPS) is 13.9. The van der Waals surface area contributed by atoms with Crippen molar-refractivity contribution in [2.24, 2.45) is 5.10 Å². The lowest BCUT2D eigenvalue weighted by Crippen LogP contribution is -2.45. The van der Waals surface area contributed by atoms with Crippen LogP contribution in [-0.2, 0) is 14.3 Å². The number of urea groups is 1. The number of nitro benzene ring substituents is 2. The first-order valence-corrected chi connectivity index (χ1v) is 15.5. The van der Waals surface area contributed by atoms with Crippen LogP contribution < -0.4 is 35.0 Å². The number of carbonyl (C=O) groups excluding carboxylic acids is 3. The summed E-state index contributed by atoms with van der Waals surface area (Å²) >= 11 is 1.91. The number of hydrogen-bond acceptors (Lipinski definition) is 13. The molecule has 0 radical (unpaired) electrons. The lowest BCUT2D eigenvalue weighted by molar-refractivity contribution is -0.394. The summed E-state index contributed by atoms with van der Waals surface area (Å²) in [6.45, 7) is 2.96. The molecule has 50 heavy (non-hydrogen) atoms. The van der Waals surface area contributed by atoms with Crippen molar-refractivity contribution in [2.45, 2.75) is 19.9 Å². The van der Waals surface area contributed by atoms with E-state index in [1.165, 1.54) is 32.6 Å². The third-order valence-corrected chi connectivity index (χ3v) is 7.66. The zero-order chi connectivity index (χ0) is 36.5. The van der Waals surface area contributed by atoms with E-state index in [0.29, 0.717) is 20.4 Å². The van der Waals surface area contributed by atoms with Gasteiger partial charge in [0.25, 0.3) is 11.6 Å². The first kappa shape index (κ1) is 36.8. The summed E-state index contributed by atoms with van der Waals surface area (Å²) in [4.78, 5) is 58.4. The SMILES string of the molecule is CCOC(=O)C1=C(C)NC(=O)N[C@@H]1c1ccc(OCC(=O)N/N=C/c2cc(I)c(Oc3ccc([N+](=O)[O-])cc3[N+](=O)[O-])c(OC)c2)c(OC)c1. The molecule has 0 unspecified atom stereocenters. The number of halogens is 1. The number of nitro groups is 2. The maximum atomic E-state index is 12.6. The summed E-state index contributed by atoms with van der Waals surface area (Å²) < 4.78 is 27.8. The quantitative estimate of drug-likeness (QED) is 0.0665. The number of non-ortho nitro benzene ring substituents is 1. The molecule has 1 aliphatic rings. The average molecular weight is 805 g/mol. The molecule has 3 N–H and O–H groups in total. The lowest BCUT2D eigenvalue weighted by Gasteiger charge is -2.28. The van der Waals surface area contributed by atoms with E-state index >= 15 is 0 Å². The Morgan fingerprint density at radius 1 is 1.00 bits per heavy atom. The van der Waals surface area contributed by atoms with Crippen molar-refractivity contribution in [1.82, 2.24) is 16.1 Å². The van der Waals surface area contributed by atoms with E-state index in [1.807, 2.05) is 22.6 Å². The maximum absolute atomic E-state index is 12.6. The minimum absolute atomic E-state index is 0.116. The molecule has 0 aromatic heterocycles. The fourth-order valence-corrected chi connectivity index (χ4v) is 5.37. The Morgan fingerprint density at radius 2 is 1.72 bits per heavy atom. The van der Waals surface area contributed by atoms with Gasteiger partial charge in [-0.2, -0.15) is 5.10 Å². The molecule has 262 valence electrons. The summed E-state index contributed by atoms with van der Waals surface area (Å²) in [6, 6.07) is 9.48. The zero-order valence-electron chi connectivity index (χ0n) is 26.8. The van der Waals surface area contributed by atoms with E-state index in [2.05, 4.69) is 21.2 Å². The molecule has 0 aliphatic carbocycles. The first-order valence-electron chi connectivity index (χ1n) is 14.4. The number of methoxy groups -OCH3 is 2. The Bertz CT molecular complexity index is 1910. The number of carbonyl (C=O) groups is 3. The van der Waals surface area contributed by atoms with Gasteiger partial charge in [0.05, 0.1) is 58.1 Å². The van der Waals surface area contributed by atoms with Gasteiger partial charge in [-0.1, -0.05) is 6.07 Å². The number of rotatable bonds is 14. The Morgan fingerprint density at radius 3 is 2.38 bits per heavy atom. The van der Waals surface area contributed by atoms with Gasteiger partial charge in [0.1, 0.15) is 0 Å². The van der Waals surface area contributed by atoms with Gasteiger partial charge < -0.3 is 34.3 Å². The molecule has 1 aliphatic heterocycles. The van der Waals surface area contributed by atoms with Gasteiger partial charge in [-0.05, 0) is 77.9 Å². The van der Waals surface area contributed by atoms with Gasteiger partial charge in [-0.15, -0.1) is 0 Å². The Hall–Kier alpha value is -5.99. The largest absolute Gasteiger partial charge is 0.493 e. The molecule has 3 aromatic rings. The molecule has 19 heteroatoms. The number of hydrazone groups is 1. The van der Waals surface area contributed by atoms with E-state index in [1.54, 1.807) is 32.0 Å². The molecule has 3 amide bonds. The van der Waals surface area contributed by atoms with E-state index in [0.717, 1.165) is 18.2 Å². The van der Waals surface area contributed by atoms with Crippen LogP contribution in [0.4, 0.5) is 16.2 Å². The van der Waals surface area contributed by atoms with E-state index in [-0.39, 0.29) is 40.9 Å². The van der Waals surface area contributed by atoms with Crippen LogP contribution in [0, 0.1) is 23.8 Å². The monoisotopic (exact) mass is 804 g/mol. The number of amides is 3. The number of hydrogen-bond donors (Lipinski definition) is 3. The fraction of sp³-hybridized carbons (Fsp3) is 0.226. The van der Waals surface area contributed by atoms with Crippen molar-refractivity contribution >= 4 is 58.1 Å². The van der Waals surface area contributed by atoms with Crippen LogP contribution in [0.5, 0.6) is 28.7 Å². The molecule has 0 fully saturated rings. The highest BCUT2D eigenvalue weighted by atomic mass is 127. The summed E-state index contributed by atoms with van der Waals surface area (Å²) in [5.41, 5.74) is 2.81. The fourth-order valence-electron chi connectivity index (χ4n) is 4.63. The summed E-state index contributed by atoms with van der Waals surface area (Å²) in [6.07, 6.45) is 1.32. The standard InChI is InChI=1S/C31H29IN6O12/c1-5-48-30(40)27-16(2)34-31(41)35-28(27)18-6-8-23(24(12-18)46-3)49-15-26(39)36-33-14-17-10-20(32)29(25(11-17)47-4)50-22-9-7-19(37(42)43)13-21(22)38(44)45/h6-14,28H,5,15H2,1-4H3,(H,36,39)(H2,34,35,41)/b33-14+/t28-/m1/s1. The van der Waals surface area contributed by atoms with Crippen LogP contribution in [0.2, 0.25) is 0 Å². The zero-order valence-corrected chi connectivity index (χ0v) is 29.0. The second-order valence-corrected chi connectivity index (χ2v) is 11.2. The molecule has 1 atom stereocenters. The second-order valence-electron chi connectivity index (χ2n) is 10.1. The van der Waals surface area contributed by atoms with Crippen molar-refractivity contribution in [3.05, 3.63) is 94.7 Å². The number of allylic oxidation sites excluding steroid dienone is 1. The van der Waals surface area contributed by atoms with Crippen LogP contribution >= 0.6 is 22.6 Å². The van der Waals surface area contributed by atoms with Crippen molar-refractivity contribution < 1.29 is 47.9 Å². The predicted octanol–water partition coefficient (Wildman–Crippen LogP) is 4.64. The molecule has 0 spiro atoms. The molecule has 18 nitrogen and oxygen atoms in total. The third-order valence-electron chi connectivity index (χ3n) is 6.86. The van der Waals surface area contributed by atoms with Crippen LogP contribution in [0.25, 0.3) is 0 Å². The Balaban J connectivity index is 1.42. The van der Waals surface area contributed by atoms with Crippen LogP contribution in [0.1, 0.15) is 31.0 Å². The number of nitrogens with one attached hydrogen (secondary N) is 3.